The van der Waals surface area contributed by atoms with Gasteiger partial charge in [-0.2, -0.15) is 0 Å². The minimum absolute atomic E-state index is 0.0319. The highest BCUT2D eigenvalue weighted by Crippen LogP contribution is 2.42. The van der Waals surface area contributed by atoms with E-state index in [9.17, 15) is 44.4 Å². The summed E-state index contributed by atoms with van der Waals surface area (Å²) in [7, 11) is -5.08. The largest absolute Gasteiger partial charge is 0.479 e. The summed E-state index contributed by atoms with van der Waals surface area (Å²) >= 11 is 0. The molecule has 0 aliphatic carbocycles. The molecule has 2 heterocycles. The maximum atomic E-state index is 13.1. The molecule has 0 aromatic heterocycles. The number of carboxylic acids is 1. The van der Waals surface area contributed by atoms with E-state index in [-0.39, 0.29) is 26.2 Å². The maximum absolute atomic E-state index is 13.1. The molecule has 12 atom stereocenters. The van der Waals surface area contributed by atoms with Gasteiger partial charge in [0, 0.05) is 33.4 Å². The van der Waals surface area contributed by atoms with Crippen molar-refractivity contribution in [2.75, 3.05) is 39.6 Å². The fraction of sp³-hybridized carbons (Fsp3) is 0.971. The van der Waals surface area contributed by atoms with Crippen LogP contribution in [0, 0.1) is 0 Å². The molecule has 0 saturated carbocycles. The Hall–Kier alpha value is -1.35. The second-order valence-electron chi connectivity index (χ2n) is 26.1. The SMILES string of the molecule is CCCCCCCCCCCCOCCCCCCCCCCCCCCO[C@@H]1[C@@H](NC(C)=O)[C@H](OC[C@H]2O[C@H](C(=O)O)[C@H](NCCC(O)CCCCCCCCCCC)[C@@H](OCCC(O)CCCCCCCCCCC)[C@@H]2O)O[C@H](C)[C@H]1OP(=O)(O)O. The van der Waals surface area contributed by atoms with E-state index < -0.39 is 99.6 Å². The standard InChI is InChI=1S/C69H135N2O16P/c1-6-9-12-15-18-21-28-33-38-43-51-81-52-44-39-34-29-24-22-23-25-30-35-40-45-53-82-66-62(71-57(5)72)69(85-56(4)64(66)87-88(78,79)80)84-55-60-63(75)65(83-54-49-59(74)47-42-37-32-27-20-17-14-11-8-3)61(67(86-60)68(76)77)70-50-48-58(73)46-41-36-31-26-19-16-13-10-7-2/h56,58-67,69-70,73-75H,6-55H2,1-5H3,(H,71,72)(H,76,77)(H2,78,79,80)/t56-,58?,59?,60-,61-,62-,63-,64-,65-,66-,67+,69-/m1/s1. The normalized spacial score (nSPS) is 23.2. The van der Waals surface area contributed by atoms with Crippen molar-refractivity contribution >= 4 is 19.7 Å². The Morgan fingerprint density at radius 2 is 0.886 bits per heavy atom. The minimum atomic E-state index is -5.08. The van der Waals surface area contributed by atoms with Crippen LogP contribution < -0.4 is 10.6 Å². The van der Waals surface area contributed by atoms with Gasteiger partial charge in [-0.05, 0) is 58.4 Å². The topological polar surface area (TPSA) is 261 Å². The average molecular weight is 1280 g/mol. The van der Waals surface area contributed by atoms with Gasteiger partial charge < -0.3 is 69.3 Å². The van der Waals surface area contributed by atoms with Crippen molar-refractivity contribution in [1.29, 1.82) is 0 Å². The lowest BCUT2D eigenvalue weighted by Gasteiger charge is -2.46. The maximum Gasteiger partial charge on any atom is 0.470 e. The molecular formula is C69H135N2O16P. The predicted octanol–water partition coefficient (Wildman–Crippen LogP) is 14.6. The third-order valence-electron chi connectivity index (χ3n) is 17.8. The molecule has 0 spiro atoms. The van der Waals surface area contributed by atoms with E-state index in [2.05, 4.69) is 31.4 Å². The first-order valence-electron chi connectivity index (χ1n) is 36.4. The molecule has 0 aromatic carbocycles. The number of carbonyl (C=O) groups is 2. The Morgan fingerprint density at radius 3 is 1.31 bits per heavy atom. The second-order valence-corrected chi connectivity index (χ2v) is 27.3. The summed E-state index contributed by atoms with van der Waals surface area (Å²) in [6.45, 7) is 11.3. The van der Waals surface area contributed by atoms with E-state index in [1.807, 2.05) is 0 Å². The van der Waals surface area contributed by atoms with Gasteiger partial charge in [-0.1, -0.05) is 258 Å². The Balaban J connectivity index is 1.96. The highest BCUT2D eigenvalue weighted by atomic mass is 31.2. The molecule has 8 N–H and O–H groups in total. The lowest BCUT2D eigenvalue weighted by molar-refractivity contribution is -0.282. The lowest BCUT2D eigenvalue weighted by Crippen LogP contribution is -2.67. The summed E-state index contributed by atoms with van der Waals surface area (Å²) in [6.07, 6.45) is 38.1. The van der Waals surface area contributed by atoms with Crippen LogP contribution >= 0.6 is 7.82 Å². The van der Waals surface area contributed by atoms with Gasteiger partial charge in [0.25, 0.3) is 0 Å². The summed E-state index contributed by atoms with van der Waals surface area (Å²) in [5, 5.41) is 50.6. The molecular weight excluding hydrogens is 1140 g/mol. The minimum Gasteiger partial charge on any atom is -0.479 e. The molecule has 2 rings (SSSR count). The number of ether oxygens (including phenoxy) is 6. The highest BCUT2D eigenvalue weighted by molar-refractivity contribution is 7.46. The predicted molar refractivity (Wildman–Crippen MR) is 351 cm³/mol. The number of nitrogens with one attached hydrogen (secondary N) is 2. The smallest absolute Gasteiger partial charge is 0.470 e. The number of rotatable bonds is 62. The van der Waals surface area contributed by atoms with Crippen LogP contribution in [0.15, 0.2) is 0 Å². The number of unbranched alkanes of at least 4 members (excludes halogenated alkanes) is 36. The van der Waals surface area contributed by atoms with Crippen LogP contribution in [0.1, 0.15) is 317 Å². The number of phosphoric acid groups is 1. The molecule has 2 saturated heterocycles. The summed E-state index contributed by atoms with van der Waals surface area (Å²) in [4.78, 5) is 45.9. The summed E-state index contributed by atoms with van der Waals surface area (Å²) in [5.74, 6) is -1.80. The fourth-order valence-electron chi connectivity index (χ4n) is 12.5. The lowest BCUT2D eigenvalue weighted by atomic mass is 9.92. The molecule has 18 nitrogen and oxygen atoms in total. The van der Waals surface area contributed by atoms with Crippen LogP contribution in [-0.4, -0.2) is 155 Å². The molecule has 88 heavy (non-hydrogen) atoms. The van der Waals surface area contributed by atoms with E-state index in [4.69, 9.17) is 32.9 Å². The Kier molecular flexibility index (Phi) is 51.7. The van der Waals surface area contributed by atoms with Gasteiger partial charge in [0.05, 0.1) is 31.0 Å². The first-order chi connectivity index (χ1) is 42.6. The van der Waals surface area contributed by atoms with Crippen molar-refractivity contribution in [2.24, 2.45) is 0 Å². The van der Waals surface area contributed by atoms with Gasteiger partial charge in [0.1, 0.15) is 36.6 Å². The van der Waals surface area contributed by atoms with Crippen molar-refractivity contribution in [3.63, 3.8) is 0 Å². The first kappa shape index (κ1) is 82.7. The van der Waals surface area contributed by atoms with Gasteiger partial charge in [-0.25, -0.2) is 9.36 Å². The van der Waals surface area contributed by atoms with Crippen molar-refractivity contribution in [3.8, 4) is 0 Å². The molecule has 0 bridgehead atoms. The average Bonchev–Trinajstić information content (AvgIpc) is 2.10. The van der Waals surface area contributed by atoms with Gasteiger partial charge in [-0.3, -0.25) is 9.32 Å². The second kappa shape index (κ2) is 55.0. The molecule has 2 fully saturated rings. The fourth-order valence-corrected chi connectivity index (χ4v) is 13.1. The quantitative estimate of drug-likeness (QED) is 0.0208. The molecule has 0 radical (unpaired) electrons. The van der Waals surface area contributed by atoms with Gasteiger partial charge in [0.15, 0.2) is 12.4 Å². The van der Waals surface area contributed by atoms with Gasteiger partial charge >= 0.3 is 13.8 Å². The summed E-state index contributed by atoms with van der Waals surface area (Å²) in [6, 6.07) is -2.19. The zero-order valence-corrected chi connectivity index (χ0v) is 57.4. The molecule has 19 heteroatoms. The number of phosphoric ester groups is 1. The third-order valence-corrected chi connectivity index (χ3v) is 18.4. The van der Waals surface area contributed by atoms with Crippen molar-refractivity contribution in [2.45, 2.75) is 390 Å². The van der Waals surface area contributed by atoms with Crippen LogP contribution in [0.4, 0.5) is 0 Å². The number of carboxylic acid groups (broad SMARTS) is 1. The molecule has 522 valence electrons. The zero-order chi connectivity index (χ0) is 64.3. The Labute approximate surface area is 535 Å². The number of hydrogen-bond acceptors (Lipinski definition) is 14. The zero-order valence-electron chi connectivity index (χ0n) is 56.5. The summed E-state index contributed by atoms with van der Waals surface area (Å²) in [5.41, 5.74) is 0. The Bertz CT molecular complexity index is 1670. The van der Waals surface area contributed by atoms with Gasteiger partial charge in [0.2, 0.25) is 5.91 Å². The summed E-state index contributed by atoms with van der Waals surface area (Å²) < 4.78 is 54.8. The van der Waals surface area contributed by atoms with E-state index in [0.717, 1.165) is 83.8 Å². The van der Waals surface area contributed by atoms with Gasteiger partial charge in [-0.15, -0.1) is 0 Å². The number of aliphatic hydroxyl groups excluding tert-OH is 3. The van der Waals surface area contributed by atoms with E-state index in [0.29, 0.717) is 25.7 Å². The number of aliphatic carboxylic acids is 1. The van der Waals surface area contributed by atoms with E-state index in [1.165, 1.54) is 187 Å². The van der Waals surface area contributed by atoms with Crippen LogP contribution in [-0.2, 0) is 47.1 Å². The van der Waals surface area contributed by atoms with Crippen molar-refractivity contribution in [1.82, 2.24) is 10.6 Å². The van der Waals surface area contributed by atoms with Crippen molar-refractivity contribution in [3.05, 3.63) is 0 Å². The van der Waals surface area contributed by atoms with E-state index >= 15 is 0 Å². The van der Waals surface area contributed by atoms with Crippen molar-refractivity contribution < 1.29 is 77.3 Å². The molecule has 2 aliphatic rings. The van der Waals surface area contributed by atoms with Crippen LogP contribution in [0.5, 0.6) is 0 Å². The molecule has 2 unspecified atom stereocenters. The van der Waals surface area contributed by atoms with Crippen LogP contribution in [0.2, 0.25) is 0 Å². The third kappa shape index (κ3) is 42.1. The number of hydrogen-bond donors (Lipinski definition) is 8. The molecule has 0 aromatic rings. The van der Waals surface area contributed by atoms with Crippen LogP contribution in [0.3, 0.4) is 0 Å². The number of carbonyl (C=O) groups excluding carboxylic acids is 1. The number of amides is 1. The van der Waals surface area contributed by atoms with Crippen LogP contribution in [0.25, 0.3) is 0 Å². The van der Waals surface area contributed by atoms with E-state index in [1.54, 1.807) is 6.92 Å². The first-order valence-corrected chi connectivity index (χ1v) is 37.9. The molecule has 2 aliphatic heterocycles. The Morgan fingerprint density at radius 1 is 0.489 bits per heavy atom. The highest BCUT2D eigenvalue weighted by Gasteiger charge is 2.52. The number of aliphatic hydroxyl groups is 3. The molecule has 1 amide bonds. The monoisotopic (exact) mass is 1280 g/mol.